The summed E-state index contributed by atoms with van der Waals surface area (Å²) in [4.78, 5) is 11.8. The maximum Gasteiger partial charge on any atom is 0.230 e. The molecule has 1 unspecified atom stereocenters. The average Bonchev–Trinajstić information content (AvgIpc) is 2.45. The predicted octanol–water partition coefficient (Wildman–Crippen LogP) is 2.51. The Hall–Kier alpha value is -1.42. The normalized spacial score (nSPS) is 19.1. The lowest BCUT2D eigenvalue weighted by atomic mass is 10.1. The Morgan fingerprint density at radius 3 is 2.71 bits per heavy atom. The SMILES string of the molecule is Cc1c(N)c2c(c(C)c1Cl)NC(=O)C(C)CO2. The number of nitrogens with two attached hydrogens (primary N) is 1. The van der Waals surface area contributed by atoms with Crippen molar-refractivity contribution in [2.24, 2.45) is 5.92 Å². The van der Waals surface area contributed by atoms with Gasteiger partial charge >= 0.3 is 0 Å². The van der Waals surface area contributed by atoms with Gasteiger partial charge in [0.25, 0.3) is 0 Å². The largest absolute Gasteiger partial charge is 0.488 e. The van der Waals surface area contributed by atoms with E-state index in [1.165, 1.54) is 0 Å². The monoisotopic (exact) mass is 254 g/mol. The summed E-state index contributed by atoms with van der Waals surface area (Å²) in [5.74, 6) is 0.244. The fraction of sp³-hybridized carbons (Fsp3) is 0.417. The highest BCUT2D eigenvalue weighted by Gasteiger charge is 2.26. The lowest BCUT2D eigenvalue weighted by molar-refractivity contribution is -0.119. The number of fused-ring (bicyclic) bond motifs is 1. The first-order valence-electron chi connectivity index (χ1n) is 5.45. The topological polar surface area (TPSA) is 64.3 Å². The number of carbonyl (C=O) groups excluding carboxylic acids is 1. The molecule has 0 aliphatic carbocycles. The Morgan fingerprint density at radius 1 is 1.41 bits per heavy atom. The minimum absolute atomic E-state index is 0.0776. The van der Waals surface area contributed by atoms with Crippen molar-refractivity contribution in [3.05, 3.63) is 16.1 Å². The van der Waals surface area contributed by atoms with E-state index in [0.29, 0.717) is 28.8 Å². The van der Waals surface area contributed by atoms with Crippen LogP contribution in [0.2, 0.25) is 5.02 Å². The molecule has 5 heteroatoms. The second kappa shape index (κ2) is 4.11. The van der Waals surface area contributed by atoms with Gasteiger partial charge in [-0.15, -0.1) is 0 Å². The quantitative estimate of drug-likeness (QED) is 0.699. The summed E-state index contributed by atoms with van der Waals surface area (Å²) in [6, 6.07) is 0. The van der Waals surface area contributed by atoms with Gasteiger partial charge in [-0.1, -0.05) is 18.5 Å². The number of amides is 1. The summed E-state index contributed by atoms with van der Waals surface area (Å²) in [6.45, 7) is 5.81. The third kappa shape index (κ3) is 1.82. The Kier molecular flexibility index (Phi) is 2.91. The number of ether oxygens (including phenoxy) is 1. The third-order valence-corrected chi connectivity index (χ3v) is 3.65. The van der Waals surface area contributed by atoms with E-state index >= 15 is 0 Å². The molecular formula is C12H15ClN2O2. The standard InChI is InChI=1S/C12H15ClN2O2/c1-5-4-17-11-9(14)6(2)8(13)7(3)10(11)15-12(5)16/h5H,4,14H2,1-3H3,(H,15,16). The molecule has 0 bridgehead atoms. The van der Waals surface area contributed by atoms with Crippen molar-refractivity contribution in [3.8, 4) is 5.75 Å². The van der Waals surface area contributed by atoms with E-state index < -0.39 is 0 Å². The summed E-state index contributed by atoms with van der Waals surface area (Å²) in [5, 5.41) is 3.39. The molecule has 1 aromatic carbocycles. The minimum Gasteiger partial charge on any atom is -0.488 e. The highest BCUT2D eigenvalue weighted by Crippen LogP contribution is 2.43. The molecule has 1 aliphatic heterocycles. The summed E-state index contributed by atoms with van der Waals surface area (Å²) in [7, 11) is 0. The summed E-state index contributed by atoms with van der Waals surface area (Å²) in [5.41, 5.74) is 8.63. The van der Waals surface area contributed by atoms with Gasteiger partial charge in [-0.25, -0.2) is 0 Å². The van der Waals surface area contributed by atoms with E-state index in [0.717, 1.165) is 11.1 Å². The maximum atomic E-state index is 11.8. The maximum absolute atomic E-state index is 11.8. The fourth-order valence-corrected chi connectivity index (χ4v) is 2.01. The molecular weight excluding hydrogens is 240 g/mol. The second-order valence-electron chi connectivity index (χ2n) is 4.38. The Morgan fingerprint density at radius 2 is 2.06 bits per heavy atom. The van der Waals surface area contributed by atoms with Crippen molar-refractivity contribution in [1.82, 2.24) is 0 Å². The van der Waals surface area contributed by atoms with E-state index in [2.05, 4.69) is 5.32 Å². The number of nitrogen functional groups attached to an aromatic ring is 1. The van der Waals surface area contributed by atoms with Crippen molar-refractivity contribution < 1.29 is 9.53 Å². The van der Waals surface area contributed by atoms with Gasteiger partial charge in [0.05, 0.1) is 28.9 Å². The number of hydrogen-bond donors (Lipinski definition) is 2. The van der Waals surface area contributed by atoms with E-state index in [1.54, 1.807) is 6.92 Å². The Labute approximate surface area is 105 Å². The summed E-state index contributed by atoms with van der Waals surface area (Å²) in [6.07, 6.45) is 0. The summed E-state index contributed by atoms with van der Waals surface area (Å²) < 4.78 is 5.61. The number of anilines is 2. The van der Waals surface area contributed by atoms with Crippen LogP contribution in [0.15, 0.2) is 0 Å². The van der Waals surface area contributed by atoms with Crippen molar-refractivity contribution >= 4 is 28.9 Å². The minimum atomic E-state index is -0.208. The Balaban J connectivity index is 2.65. The van der Waals surface area contributed by atoms with Crippen molar-refractivity contribution in [3.63, 3.8) is 0 Å². The lowest BCUT2D eigenvalue weighted by Gasteiger charge is -2.16. The van der Waals surface area contributed by atoms with Gasteiger partial charge in [0.15, 0.2) is 5.75 Å². The molecule has 1 amide bonds. The molecule has 0 saturated carbocycles. The molecule has 17 heavy (non-hydrogen) atoms. The van der Waals surface area contributed by atoms with E-state index in [9.17, 15) is 4.79 Å². The molecule has 3 N–H and O–H groups in total. The van der Waals surface area contributed by atoms with E-state index in [-0.39, 0.29) is 11.8 Å². The van der Waals surface area contributed by atoms with Crippen LogP contribution in [0.25, 0.3) is 0 Å². The smallest absolute Gasteiger partial charge is 0.230 e. The molecule has 92 valence electrons. The number of carbonyl (C=O) groups is 1. The van der Waals surface area contributed by atoms with Crippen LogP contribution in [-0.4, -0.2) is 12.5 Å². The van der Waals surface area contributed by atoms with Crippen LogP contribution in [0.1, 0.15) is 18.1 Å². The zero-order valence-electron chi connectivity index (χ0n) is 10.1. The van der Waals surface area contributed by atoms with Gasteiger partial charge in [0, 0.05) is 0 Å². The van der Waals surface area contributed by atoms with Crippen LogP contribution >= 0.6 is 11.6 Å². The van der Waals surface area contributed by atoms with E-state index in [1.807, 2.05) is 13.8 Å². The molecule has 0 radical (unpaired) electrons. The van der Waals surface area contributed by atoms with Crippen molar-refractivity contribution in [2.75, 3.05) is 17.7 Å². The zero-order chi connectivity index (χ0) is 12.7. The predicted molar refractivity (Wildman–Crippen MR) is 68.6 cm³/mol. The first kappa shape index (κ1) is 12.0. The van der Waals surface area contributed by atoms with Gasteiger partial charge in [0.1, 0.15) is 0 Å². The first-order chi connectivity index (χ1) is 7.93. The highest BCUT2D eigenvalue weighted by atomic mass is 35.5. The lowest BCUT2D eigenvalue weighted by Crippen LogP contribution is -2.22. The van der Waals surface area contributed by atoms with Gasteiger partial charge in [-0.05, 0) is 25.0 Å². The molecule has 0 aromatic heterocycles. The molecule has 4 nitrogen and oxygen atoms in total. The average molecular weight is 255 g/mol. The van der Waals surface area contributed by atoms with Gasteiger partial charge in [0.2, 0.25) is 5.91 Å². The van der Waals surface area contributed by atoms with Crippen LogP contribution in [0.5, 0.6) is 5.75 Å². The second-order valence-corrected chi connectivity index (χ2v) is 4.76. The zero-order valence-corrected chi connectivity index (χ0v) is 10.8. The molecule has 2 rings (SSSR count). The van der Waals surface area contributed by atoms with Crippen LogP contribution in [-0.2, 0) is 4.79 Å². The number of benzene rings is 1. The molecule has 1 aliphatic rings. The van der Waals surface area contributed by atoms with E-state index in [4.69, 9.17) is 22.1 Å². The fourth-order valence-electron chi connectivity index (χ4n) is 1.82. The highest BCUT2D eigenvalue weighted by molar-refractivity contribution is 6.33. The Bertz CT molecular complexity index is 500. The van der Waals surface area contributed by atoms with Crippen molar-refractivity contribution in [2.45, 2.75) is 20.8 Å². The van der Waals surface area contributed by atoms with Gasteiger partial charge in [-0.2, -0.15) is 0 Å². The number of nitrogens with one attached hydrogen (secondary N) is 1. The van der Waals surface area contributed by atoms with Crippen LogP contribution in [0.3, 0.4) is 0 Å². The number of halogens is 1. The third-order valence-electron chi connectivity index (χ3n) is 3.08. The molecule has 1 atom stereocenters. The molecule has 1 heterocycles. The van der Waals surface area contributed by atoms with Crippen LogP contribution in [0, 0.1) is 19.8 Å². The molecule has 0 spiro atoms. The molecule has 0 fully saturated rings. The number of hydrogen-bond acceptors (Lipinski definition) is 3. The van der Waals surface area contributed by atoms with Gasteiger partial charge < -0.3 is 15.8 Å². The first-order valence-corrected chi connectivity index (χ1v) is 5.83. The molecule has 1 aromatic rings. The molecule has 0 saturated heterocycles. The van der Waals surface area contributed by atoms with Gasteiger partial charge in [-0.3, -0.25) is 4.79 Å². The van der Waals surface area contributed by atoms with Crippen LogP contribution in [0.4, 0.5) is 11.4 Å². The summed E-state index contributed by atoms with van der Waals surface area (Å²) >= 11 is 6.17. The van der Waals surface area contributed by atoms with Crippen molar-refractivity contribution in [1.29, 1.82) is 0 Å². The van der Waals surface area contributed by atoms with Crippen LogP contribution < -0.4 is 15.8 Å². The number of rotatable bonds is 0.